The number of hydrogen-bond acceptors (Lipinski definition) is 5. The van der Waals surface area contributed by atoms with Crippen molar-refractivity contribution in [3.05, 3.63) is 70.4 Å². The largest absolute Gasteiger partial charge is 0.495 e. The van der Waals surface area contributed by atoms with Gasteiger partial charge in [0.15, 0.2) is 0 Å². The molecule has 0 spiro atoms. The first-order valence-electron chi connectivity index (χ1n) is 8.29. The van der Waals surface area contributed by atoms with E-state index in [0.29, 0.717) is 23.3 Å². The monoisotopic (exact) mass is 368 g/mol. The Morgan fingerprint density at radius 3 is 2.58 bits per heavy atom. The van der Waals surface area contributed by atoms with Crippen LogP contribution in [0.15, 0.2) is 48.7 Å². The Labute approximate surface area is 158 Å². The van der Waals surface area contributed by atoms with Crippen LogP contribution in [0.25, 0.3) is 0 Å². The summed E-state index contributed by atoms with van der Waals surface area (Å²) in [5.74, 6) is 1.87. The molecule has 6 heteroatoms. The standard InChI is InChI=1S/C20H21ClN4O/c1-13-4-6-15(7-5-13)12-23-19-8-9-22-20(25-19)24-17-10-14(2)16(21)11-18(17)26-3/h4-11H,12H2,1-3H3,(H2,22,23,24,25). The maximum atomic E-state index is 6.15. The first-order valence-corrected chi connectivity index (χ1v) is 8.66. The second-order valence-electron chi connectivity index (χ2n) is 6.03. The molecule has 0 bridgehead atoms. The summed E-state index contributed by atoms with van der Waals surface area (Å²) in [6, 6.07) is 13.9. The molecule has 2 aromatic carbocycles. The molecule has 0 radical (unpaired) electrons. The number of ether oxygens (including phenoxy) is 1. The Morgan fingerprint density at radius 1 is 1.08 bits per heavy atom. The average molecular weight is 369 g/mol. The van der Waals surface area contributed by atoms with Gasteiger partial charge in [-0.2, -0.15) is 4.98 Å². The first kappa shape index (κ1) is 18.0. The number of anilines is 3. The third kappa shape index (κ3) is 4.43. The van der Waals surface area contributed by atoms with Gasteiger partial charge in [-0.05, 0) is 37.1 Å². The third-order valence-corrected chi connectivity index (χ3v) is 4.38. The van der Waals surface area contributed by atoms with Gasteiger partial charge in [0.2, 0.25) is 5.95 Å². The quantitative estimate of drug-likeness (QED) is 0.633. The lowest BCUT2D eigenvalue weighted by atomic mass is 10.1. The molecule has 3 aromatic rings. The summed E-state index contributed by atoms with van der Waals surface area (Å²) < 4.78 is 5.38. The van der Waals surface area contributed by atoms with Gasteiger partial charge in [-0.15, -0.1) is 0 Å². The number of methoxy groups -OCH3 is 1. The fraction of sp³-hybridized carbons (Fsp3) is 0.200. The molecule has 2 N–H and O–H groups in total. The predicted molar refractivity (Wildman–Crippen MR) is 107 cm³/mol. The van der Waals surface area contributed by atoms with E-state index >= 15 is 0 Å². The summed E-state index contributed by atoms with van der Waals surface area (Å²) in [4.78, 5) is 8.78. The number of benzene rings is 2. The van der Waals surface area contributed by atoms with E-state index in [1.54, 1.807) is 19.4 Å². The van der Waals surface area contributed by atoms with Crippen LogP contribution in [-0.4, -0.2) is 17.1 Å². The molecule has 0 aliphatic heterocycles. The van der Waals surface area contributed by atoms with E-state index in [-0.39, 0.29) is 0 Å². The van der Waals surface area contributed by atoms with Crippen LogP contribution < -0.4 is 15.4 Å². The van der Waals surface area contributed by atoms with Gasteiger partial charge in [-0.1, -0.05) is 41.4 Å². The van der Waals surface area contributed by atoms with E-state index in [4.69, 9.17) is 16.3 Å². The number of hydrogen-bond donors (Lipinski definition) is 2. The molecular weight excluding hydrogens is 348 g/mol. The van der Waals surface area contributed by atoms with Crippen LogP contribution in [0.2, 0.25) is 5.02 Å². The highest BCUT2D eigenvalue weighted by atomic mass is 35.5. The minimum atomic E-state index is 0.485. The van der Waals surface area contributed by atoms with Gasteiger partial charge >= 0.3 is 0 Å². The van der Waals surface area contributed by atoms with Gasteiger partial charge in [-0.3, -0.25) is 0 Å². The van der Waals surface area contributed by atoms with E-state index in [1.807, 2.05) is 19.1 Å². The summed E-state index contributed by atoms with van der Waals surface area (Å²) in [6.07, 6.45) is 1.71. The number of halogens is 1. The Bertz CT molecular complexity index is 897. The fourth-order valence-electron chi connectivity index (χ4n) is 2.47. The molecule has 0 saturated carbocycles. The van der Waals surface area contributed by atoms with Crippen LogP contribution in [0.3, 0.4) is 0 Å². The summed E-state index contributed by atoms with van der Waals surface area (Å²) in [5, 5.41) is 7.16. The molecule has 0 saturated heterocycles. The zero-order chi connectivity index (χ0) is 18.5. The zero-order valence-corrected chi connectivity index (χ0v) is 15.8. The summed E-state index contributed by atoms with van der Waals surface area (Å²) >= 11 is 6.15. The second kappa shape index (κ2) is 8.06. The van der Waals surface area contributed by atoms with Crippen LogP contribution in [0.5, 0.6) is 5.75 Å². The molecule has 5 nitrogen and oxygen atoms in total. The molecule has 1 heterocycles. The van der Waals surface area contributed by atoms with E-state index in [0.717, 1.165) is 17.1 Å². The van der Waals surface area contributed by atoms with Crippen molar-refractivity contribution in [2.24, 2.45) is 0 Å². The van der Waals surface area contributed by atoms with Crippen molar-refractivity contribution in [2.45, 2.75) is 20.4 Å². The van der Waals surface area contributed by atoms with Crippen molar-refractivity contribution in [3.8, 4) is 5.75 Å². The summed E-state index contributed by atoms with van der Waals surface area (Å²) in [5.41, 5.74) is 4.15. The van der Waals surface area contributed by atoms with Crippen molar-refractivity contribution >= 4 is 29.1 Å². The van der Waals surface area contributed by atoms with Gasteiger partial charge in [0.1, 0.15) is 11.6 Å². The second-order valence-corrected chi connectivity index (χ2v) is 6.44. The van der Waals surface area contributed by atoms with E-state index in [2.05, 4.69) is 51.8 Å². The van der Waals surface area contributed by atoms with E-state index < -0.39 is 0 Å². The molecule has 0 amide bonds. The average Bonchev–Trinajstić information content (AvgIpc) is 2.64. The van der Waals surface area contributed by atoms with Crippen LogP contribution in [0.4, 0.5) is 17.5 Å². The van der Waals surface area contributed by atoms with Crippen LogP contribution in [0.1, 0.15) is 16.7 Å². The van der Waals surface area contributed by atoms with Crippen molar-refractivity contribution in [3.63, 3.8) is 0 Å². The number of aromatic nitrogens is 2. The van der Waals surface area contributed by atoms with E-state index in [1.165, 1.54) is 11.1 Å². The molecule has 0 atom stereocenters. The van der Waals surface area contributed by atoms with Crippen molar-refractivity contribution in [1.82, 2.24) is 9.97 Å². The van der Waals surface area contributed by atoms with Gasteiger partial charge in [-0.25, -0.2) is 4.98 Å². The third-order valence-electron chi connectivity index (χ3n) is 3.98. The maximum Gasteiger partial charge on any atom is 0.229 e. The van der Waals surface area contributed by atoms with Crippen molar-refractivity contribution < 1.29 is 4.74 Å². The molecule has 3 rings (SSSR count). The Hall–Kier alpha value is -2.79. The lowest BCUT2D eigenvalue weighted by Crippen LogP contribution is -2.05. The Kier molecular flexibility index (Phi) is 5.58. The number of rotatable bonds is 6. The highest BCUT2D eigenvalue weighted by molar-refractivity contribution is 6.31. The smallest absolute Gasteiger partial charge is 0.229 e. The van der Waals surface area contributed by atoms with Crippen LogP contribution in [-0.2, 0) is 6.54 Å². The Balaban J connectivity index is 1.73. The molecule has 0 unspecified atom stereocenters. The minimum Gasteiger partial charge on any atom is -0.495 e. The highest BCUT2D eigenvalue weighted by Gasteiger charge is 2.09. The number of aryl methyl sites for hydroxylation is 2. The fourth-order valence-corrected chi connectivity index (χ4v) is 2.62. The van der Waals surface area contributed by atoms with Crippen molar-refractivity contribution in [1.29, 1.82) is 0 Å². The summed E-state index contributed by atoms with van der Waals surface area (Å²) in [6.45, 7) is 4.71. The molecule has 0 aliphatic carbocycles. The maximum absolute atomic E-state index is 6.15. The molecule has 1 aromatic heterocycles. The van der Waals surface area contributed by atoms with Crippen LogP contribution in [0, 0.1) is 13.8 Å². The topological polar surface area (TPSA) is 59.1 Å². The first-order chi connectivity index (χ1) is 12.5. The van der Waals surface area contributed by atoms with Gasteiger partial charge in [0.25, 0.3) is 0 Å². The molecular formula is C20H21ClN4O. The number of nitrogens with zero attached hydrogens (tertiary/aromatic N) is 2. The SMILES string of the molecule is COc1cc(Cl)c(C)cc1Nc1nccc(NCc2ccc(C)cc2)n1. The van der Waals surface area contributed by atoms with Crippen LogP contribution >= 0.6 is 11.6 Å². The van der Waals surface area contributed by atoms with Gasteiger partial charge in [0.05, 0.1) is 12.8 Å². The Morgan fingerprint density at radius 2 is 1.85 bits per heavy atom. The minimum absolute atomic E-state index is 0.485. The van der Waals surface area contributed by atoms with Crippen molar-refractivity contribution in [2.75, 3.05) is 17.7 Å². The predicted octanol–water partition coefficient (Wildman–Crippen LogP) is 5.11. The van der Waals surface area contributed by atoms with Gasteiger partial charge < -0.3 is 15.4 Å². The normalized spacial score (nSPS) is 10.5. The lowest BCUT2D eigenvalue weighted by Gasteiger charge is -2.13. The molecule has 0 fully saturated rings. The molecule has 0 aliphatic rings. The summed E-state index contributed by atoms with van der Waals surface area (Å²) in [7, 11) is 1.60. The molecule has 26 heavy (non-hydrogen) atoms. The van der Waals surface area contributed by atoms with Gasteiger partial charge in [0, 0.05) is 23.8 Å². The lowest BCUT2D eigenvalue weighted by molar-refractivity contribution is 0.416. The zero-order valence-electron chi connectivity index (χ0n) is 15.0. The molecule has 134 valence electrons. The number of nitrogens with one attached hydrogen (secondary N) is 2. The van der Waals surface area contributed by atoms with E-state index in [9.17, 15) is 0 Å². The highest BCUT2D eigenvalue weighted by Crippen LogP contribution is 2.32.